The molecule has 0 bridgehead atoms. The Bertz CT molecular complexity index is 687. The molecule has 2 aromatic carbocycles. The molecule has 0 aromatic heterocycles. The van der Waals surface area contributed by atoms with Gasteiger partial charge in [0, 0.05) is 11.3 Å². The van der Waals surface area contributed by atoms with E-state index in [1.54, 1.807) is 6.07 Å². The van der Waals surface area contributed by atoms with Crippen molar-refractivity contribution in [1.29, 1.82) is 0 Å². The lowest BCUT2D eigenvalue weighted by atomic mass is 10.1. The molecule has 0 unspecified atom stereocenters. The summed E-state index contributed by atoms with van der Waals surface area (Å²) in [6, 6.07) is 14.4. The zero-order valence-corrected chi connectivity index (χ0v) is 14.4. The average molecular weight is 349 g/mol. The number of rotatable bonds is 4. The van der Waals surface area contributed by atoms with Crippen molar-refractivity contribution in [3.05, 3.63) is 65.2 Å². The molecule has 2 aromatic rings. The molecule has 1 aliphatic heterocycles. The van der Waals surface area contributed by atoms with Gasteiger partial charge in [-0.25, -0.2) is 0 Å². The van der Waals surface area contributed by atoms with E-state index in [9.17, 15) is 13.2 Å². The van der Waals surface area contributed by atoms with Gasteiger partial charge in [0.25, 0.3) is 0 Å². The van der Waals surface area contributed by atoms with Crippen molar-refractivity contribution >= 4 is 5.69 Å². The molecule has 5 heteroatoms. The van der Waals surface area contributed by atoms with Gasteiger partial charge < -0.3 is 9.80 Å². The largest absolute Gasteiger partial charge is 0.416 e. The zero-order valence-electron chi connectivity index (χ0n) is 14.4. The molecule has 0 radical (unpaired) electrons. The molecule has 2 nitrogen and oxygen atoms in total. The number of piperazine rings is 1. The minimum Gasteiger partial charge on any atom is -0.360 e. The van der Waals surface area contributed by atoms with E-state index in [4.69, 9.17) is 0 Å². The van der Waals surface area contributed by atoms with Crippen LogP contribution < -0.4 is 9.80 Å². The second-order valence-corrected chi connectivity index (χ2v) is 6.63. The predicted molar refractivity (Wildman–Crippen MR) is 93.9 cm³/mol. The van der Waals surface area contributed by atoms with Crippen molar-refractivity contribution < 1.29 is 18.1 Å². The second-order valence-electron chi connectivity index (χ2n) is 6.63. The van der Waals surface area contributed by atoms with Gasteiger partial charge in [-0.2, -0.15) is 13.2 Å². The van der Waals surface area contributed by atoms with Crippen molar-refractivity contribution in [3.8, 4) is 0 Å². The average Bonchev–Trinajstić information content (AvgIpc) is 2.62. The summed E-state index contributed by atoms with van der Waals surface area (Å²) in [7, 11) is 0. The first kappa shape index (κ1) is 17.8. The highest BCUT2D eigenvalue weighted by molar-refractivity contribution is 5.49. The molecule has 0 spiro atoms. The Morgan fingerprint density at radius 3 is 2.20 bits per heavy atom. The highest BCUT2D eigenvalue weighted by atomic mass is 19.4. The van der Waals surface area contributed by atoms with Crippen molar-refractivity contribution in [1.82, 2.24) is 0 Å². The molecule has 134 valence electrons. The fourth-order valence-corrected chi connectivity index (χ4v) is 3.32. The van der Waals surface area contributed by atoms with Crippen LogP contribution in [-0.2, 0) is 19.1 Å². The smallest absolute Gasteiger partial charge is 0.360 e. The lowest BCUT2D eigenvalue weighted by Crippen LogP contribution is -3.13. The Hall–Kier alpha value is -2.01. The van der Waals surface area contributed by atoms with Gasteiger partial charge in [-0.1, -0.05) is 37.3 Å². The van der Waals surface area contributed by atoms with Gasteiger partial charge in [-0.15, -0.1) is 0 Å². The number of hydrogen-bond acceptors (Lipinski definition) is 1. The third-order valence-corrected chi connectivity index (χ3v) is 4.89. The first-order valence-electron chi connectivity index (χ1n) is 8.79. The van der Waals surface area contributed by atoms with E-state index >= 15 is 0 Å². The van der Waals surface area contributed by atoms with Crippen LogP contribution in [0.25, 0.3) is 0 Å². The van der Waals surface area contributed by atoms with Crippen molar-refractivity contribution in [2.24, 2.45) is 0 Å². The zero-order chi connectivity index (χ0) is 17.9. The quantitative estimate of drug-likeness (QED) is 0.891. The van der Waals surface area contributed by atoms with Crippen molar-refractivity contribution in [2.45, 2.75) is 26.1 Å². The van der Waals surface area contributed by atoms with E-state index in [1.165, 1.54) is 28.2 Å². The summed E-state index contributed by atoms with van der Waals surface area (Å²) >= 11 is 0. The number of halogens is 3. The molecular formula is C20H24F3N2+. The van der Waals surface area contributed by atoms with Gasteiger partial charge in [0.05, 0.1) is 31.7 Å². The number of anilines is 1. The summed E-state index contributed by atoms with van der Waals surface area (Å²) < 4.78 is 38.6. The lowest BCUT2D eigenvalue weighted by Gasteiger charge is -2.34. The lowest BCUT2D eigenvalue weighted by molar-refractivity contribution is -0.914. The highest BCUT2D eigenvalue weighted by Gasteiger charge is 2.31. The highest BCUT2D eigenvalue weighted by Crippen LogP contribution is 2.31. The normalized spacial score (nSPS) is 16.2. The molecule has 1 saturated heterocycles. The Labute approximate surface area is 146 Å². The van der Waals surface area contributed by atoms with Crippen LogP contribution in [0.3, 0.4) is 0 Å². The monoisotopic (exact) mass is 349 g/mol. The fraction of sp³-hybridized carbons (Fsp3) is 0.400. The van der Waals surface area contributed by atoms with E-state index in [1.807, 2.05) is 0 Å². The molecule has 0 saturated carbocycles. The topological polar surface area (TPSA) is 7.68 Å². The molecule has 0 atom stereocenters. The maximum Gasteiger partial charge on any atom is 0.416 e. The minimum atomic E-state index is -4.28. The van der Waals surface area contributed by atoms with Crippen LogP contribution in [0, 0.1) is 0 Å². The Morgan fingerprint density at radius 1 is 0.960 bits per heavy atom. The number of quaternary nitrogens is 1. The second kappa shape index (κ2) is 7.48. The molecule has 0 amide bonds. The number of alkyl halides is 3. The first-order valence-corrected chi connectivity index (χ1v) is 8.79. The summed E-state index contributed by atoms with van der Waals surface area (Å²) in [5, 5.41) is 0. The number of nitrogens with one attached hydrogen (secondary N) is 1. The number of nitrogens with zero attached hydrogens (tertiary/aromatic N) is 1. The van der Waals surface area contributed by atoms with Crippen molar-refractivity contribution in [2.75, 3.05) is 31.1 Å². The van der Waals surface area contributed by atoms with Crippen LogP contribution in [0.4, 0.5) is 18.9 Å². The van der Waals surface area contributed by atoms with E-state index < -0.39 is 11.7 Å². The summed E-state index contributed by atoms with van der Waals surface area (Å²) in [4.78, 5) is 3.53. The number of aryl methyl sites for hydroxylation is 1. The molecule has 3 rings (SSSR count). The Kier molecular flexibility index (Phi) is 5.33. The first-order chi connectivity index (χ1) is 12.0. The third kappa shape index (κ3) is 4.54. The molecule has 25 heavy (non-hydrogen) atoms. The SMILES string of the molecule is CCc1ccc(C[NH+]2CCN(c3cccc(C(F)(F)F)c3)CC2)cc1. The van der Waals surface area contributed by atoms with Crippen LogP contribution in [0.15, 0.2) is 48.5 Å². The fourth-order valence-electron chi connectivity index (χ4n) is 3.32. The van der Waals surface area contributed by atoms with E-state index in [0.29, 0.717) is 5.69 Å². The van der Waals surface area contributed by atoms with Crippen LogP contribution >= 0.6 is 0 Å². The molecule has 1 heterocycles. The van der Waals surface area contributed by atoms with E-state index in [0.717, 1.165) is 45.2 Å². The molecule has 1 N–H and O–H groups in total. The van der Waals surface area contributed by atoms with Gasteiger partial charge in [-0.05, 0) is 30.2 Å². The number of benzene rings is 2. The van der Waals surface area contributed by atoms with Gasteiger partial charge in [-0.3, -0.25) is 0 Å². The molecular weight excluding hydrogens is 325 g/mol. The molecule has 1 fully saturated rings. The molecule has 0 aliphatic carbocycles. The Balaban J connectivity index is 1.58. The van der Waals surface area contributed by atoms with Gasteiger partial charge in [0.1, 0.15) is 6.54 Å². The number of hydrogen-bond donors (Lipinski definition) is 1. The van der Waals surface area contributed by atoms with Crippen molar-refractivity contribution in [3.63, 3.8) is 0 Å². The molecule has 1 aliphatic rings. The third-order valence-electron chi connectivity index (χ3n) is 4.89. The maximum atomic E-state index is 12.9. The van der Waals surface area contributed by atoms with Crippen LogP contribution in [0.5, 0.6) is 0 Å². The standard InChI is InChI=1S/C20H23F3N2/c1-2-16-6-8-17(9-7-16)15-24-10-12-25(13-11-24)19-5-3-4-18(14-19)20(21,22)23/h3-9,14H,2,10-13,15H2,1H3/p+1. The summed E-state index contributed by atoms with van der Waals surface area (Å²) in [5.41, 5.74) is 2.75. The maximum absolute atomic E-state index is 12.9. The van der Waals surface area contributed by atoms with Gasteiger partial charge in [0.2, 0.25) is 0 Å². The summed E-state index contributed by atoms with van der Waals surface area (Å²) in [5.74, 6) is 0. The van der Waals surface area contributed by atoms with E-state index in [-0.39, 0.29) is 0 Å². The Morgan fingerprint density at radius 2 is 1.60 bits per heavy atom. The van der Waals surface area contributed by atoms with Gasteiger partial charge >= 0.3 is 6.18 Å². The minimum absolute atomic E-state index is 0.573. The van der Waals surface area contributed by atoms with E-state index in [2.05, 4.69) is 36.1 Å². The van der Waals surface area contributed by atoms with Crippen LogP contribution in [0.1, 0.15) is 23.6 Å². The van der Waals surface area contributed by atoms with Crippen LogP contribution in [-0.4, -0.2) is 26.2 Å². The predicted octanol–water partition coefficient (Wildman–Crippen LogP) is 3.17. The summed E-state index contributed by atoms with van der Waals surface area (Å²) in [6.07, 6.45) is -3.24. The van der Waals surface area contributed by atoms with Crippen LogP contribution in [0.2, 0.25) is 0 Å². The van der Waals surface area contributed by atoms with Gasteiger partial charge in [0.15, 0.2) is 0 Å². The summed E-state index contributed by atoms with van der Waals surface area (Å²) in [6.45, 7) is 6.55.